The van der Waals surface area contributed by atoms with Crippen molar-refractivity contribution in [2.24, 2.45) is 0 Å². The van der Waals surface area contributed by atoms with Crippen LogP contribution in [0.4, 0.5) is 24.7 Å². The summed E-state index contributed by atoms with van der Waals surface area (Å²) in [5.74, 6) is 0.385. The number of anilines is 2. The molecular formula is C24H24F3N3. The van der Waals surface area contributed by atoms with Gasteiger partial charge in [-0.25, -0.2) is 4.98 Å². The van der Waals surface area contributed by atoms with E-state index in [1.54, 1.807) is 0 Å². The van der Waals surface area contributed by atoms with Gasteiger partial charge in [0.15, 0.2) is 0 Å². The van der Waals surface area contributed by atoms with Gasteiger partial charge in [0.25, 0.3) is 0 Å². The van der Waals surface area contributed by atoms with Crippen LogP contribution >= 0.6 is 0 Å². The summed E-state index contributed by atoms with van der Waals surface area (Å²) < 4.78 is 38.1. The van der Waals surface area contributed by atoms with Gasteiger partial charge in [0.1, 0.15) is 5.82 Å². The number of allylic oxidation sites excluding steroid dienone is 2. The Morgan fingerprint density at radius 3 is 2.77 bits per heavy atom. The fourth-order valence-corrected chi connectivity index (χ4v) is 3.96. The van der Waals surface area contributed by atoms with Crippen LogP contribution in [0.2, 0.25) is 0 Å². The molecule has 1 aliphatic carbocycles. The van der Waals surface area contributed by atoms with E-state index in [0.717, 1.165) is 42.9 Å². The van der Waals surface area contributed by atoms with Gasteiger partial charge in [-0.15, -0.1) is 0 Å². The van der Waals surface area contributed by atoms with Crippen LogP contribution in [0.5, 0.6) is 0 Å². The molecule has 0 saturated heterocycles. The van der Waals surface area contributed by atoms with Crippen molar-refractivity contribution in [3.05, 3.63) is 83.7 Å². The quantitative estimate of drug-likeness (QED) is 0.618. The first-order valence-electron chi connectivity index (χ1n) is 10.2. The molecule has 2 aliphatic rings. The van der Waals surface area contributed by atoms with E-state index in [1.807, 2.05) is 24.3 Å². The number of nitrogens with one attached hydrogen (secondary N) is 1. The first kappa shape index (κ1) is 20.3. The molecule has 0 spiro atoms. The minimum atomic E-state index is -4.38. The Bertz CT molecular complexity index is 958. The molecule has 0 bridgehead atoms. The highest BCUT2D eigenvalue weighted by atomic mass is 19.4. The number of alkyl halides is 3. The Morgan fingerprint density at radius 1 is 1.13 bits per heavy atom. The number of nitrogens with zero attached hydrogens (tertiary/aromatic N) is 2. The largest absolute Gasteiger partial charge is 0.417 e. The SMILES string of the molecule is FC(F)(F)c1ccc(Nc2cccc(/C=C3\CCCC(N4C=CC=CC4)C3)c2)nc1. The second-order valence-electron chi connectivity index (χ2n) is 7.70. The van der Waals surface area contributed by atoms with Gasteiger partial charge in [0.05, 0.1) is 5.56 Å². The van der Waals surface area contributed by atoms with E-state index in [0.29, 0.717) is 11.9 Å². The van der Waals surface area contributed by atoms with E-state index in [1.165, 1.54) is 24.5 Å². The van der Waals surface area contributed by atoms with E-state index in [4.69, 9.17) is 0 Å². The molecule has 1 aliphatic heterocycles. The highest BCUT2D eigenvalue weighted by Gasteiger charge is 2.30. The van der Waals surface area contributed by atoms with Crippen LogP contribution in [0.15, 0.2) is 72.6 Å². The minimum absolute atomic E-state index is 0.385. The second kappa shape index (κ2) is 8.78. The number of rotatable bonds is 4. The normalized spacial score (nSPS) is 20.6. The molecule has 0 amide bonds. The third-order valence-electron chi connectivity index (χ3n) is 5.46. The smallest absolute Gasteiger partial charge is 0.370 e. The molecule has 2 heterocycles. The molecular weight excluding hydrogens is 387 g/mol. The number of halogens is 3. The van der Waals surface area contributed by atoms with Crippen LogP contribution < -0.4 is 5.32 Å². The van der Waals surface area contributed by atoms with Gasteiger partial charge >= 0.3 is 6.18 Å². The highest BCUT2D eigenvalue weighted by Crippen LogP contribution is 2.31. The van der Waals surface area contributed by atoms with Crippen LogP contribution in [0.25, 0.3) is 6.08 Å². The van der Waals surface area contributed by atoms with Crippen molar-refractivity contribution in [2.45, 2.75) is 37.9 Å². The van der Waals surface area contributed by atoms with Gasteiger partial charge in [0.2, 0.25) is 0 Å². The third kappa shape index (κ3) is 5.12. The van der Waals surface area contributed by atoms with E-state index < -0.39 is 11.7 Å². The van der Waals surface area contributed by atoms with Crippen molar-refractivity contribution in [2.75, 3.05) is 11.9 Å². The zero-order valence-electron chi connectivity index (χ0n) is 16.6. The molecule has 1 unspecified atom stereocenters. The number of hydrogen-bond donors (Lipinski definition) is 1. The second-order valence-corrected chi connectivity index (χ2v) is 7.70. The summed E-state index contributed by atoms with van der Waals surface area (Å²) in [6.45, 7) is 0.966. The molecule has 1 aromatic carbocycles. The fraction of sp³-hybridized carbons (Fsp3) is 0.292. The van der Waals surface area contributed by atoms with Gasteiger partial charge in [-0.2, -0.15) is 13.2 Å². The molecule has 156 valence electrons. The zero-order chi connectivity index (χ0) is 21.0. The average Bonchev–Trinajstić information content (AvgIpc) is 2.75. The highest BCUT2D eigenvalue weighted by molar-refractivity contribution is 5.63. The summed E-state index contributed by atoms with van der Waals surface area (Å²) in [7, 11) is 0. The lowest BCUT2D eigenvalue weighted by Gasteiger charge is -2.35. The van der Waals surface area contributed by atoms with E-state index >= 15 is 0 Å². The number of pyridine rings is 1. The van der Waals surface area contributed by atoms with Crippen molar-refractivity contribution >= 4 is 17.6 Å². The van der Waals surface area contributed by atoms with Crippen LogP contribution in [-0.2, 0) is 6.18 Å². The molecule has 1 atom stereocenters. The maximum absolute atomic E-state index is 12.7. The number of aromatic nitrogens is 1. The summed E-state index contributed by atoms with van der Waals surface area (Å²) >= 11 is 0. The molecule has 4 rings (SSSR count). The first-order valence-corrected chi connectivity index (χ1v) is 10.2. The van der Waals surface area contributed by atoms with E-state index in [2.05, 4.69) is 45.7 Å². The van der Waals surface area contributed by atoms with Crippen molar-refractivity contribution in [1.29, 1.82) is 0 Å². The molecule has 1 fully saturated rings. The molecule has 1 N–H and O–H groups in total. The monoisotopic (exact) mass is 411 g/mol. The van der Waals surface area contributed by atoms with Crippen LogP contribution in [0.1, 0.15) is 36.8 Å². The average molecular weight is 411 g/mol. The lowest BCUT2D eigenvalue weighted by molar-refractivity contribution is -0.137. The van der Waals surface area contributed by atoms with Crippen LogP contribution in [-0.4, -0.2) is 22.5 Å². The molecule has 3 nitrogen and oxygen atoms in total. The standard InChI is InChI=1S/C24H24F3N3/c25-24(26,27)20-10-11-23(28-17-20)29-21-8-4-6-18(15-21)14-19-7-5-9-22(16-19)30-12-2-1-3-13-30/h1-4,6,8,10-12,14-15,17,22H,5,7,9,13,16H2,(H,28,29)/b19-14+. The fourth-order valence-electron chi connectivity index (χ4n) is 3.96. The Morgan fingerprint density at radius 2 is 2.03 bits per heavy atom. The molecule has 2 aromatic rings. The Balaban J connectivity index is 1.44. The number of benzene rings is 1. The molecule has 6 heteroatoms. The summed E-state index contributed by atoms with van der Waals surface area (Å²) in [6, 6.07) is 10.8. The zero-order valence-corrected chi connectivity index (χ0v) is 16.6. The van der Waals surface area contributed by atoms with Gasteiger partial charge in [-0.3, -0.25) is 0 Å². The van der Waals surface area contributed by atoms with E-state index in [-0.39, 0.29) is 0 Å². The predicted molar refractivity (Wildman–Crippen MR) is 114 cm³/mol. The molecule has 0 radical (unpaired) electrons. The Labute approximate surface area is 174 Å². The molecule has 1 aromatic heterocycles. The van der Waals surface area contributed by atoms with Crippen LogP contribution in [0.3, 0.4) is 0 Å². The van der Waals surface area contributed by atoms with Crippen molar-refractivity contribution < 1.29 is 13.2 Å². The van der Waals surface area contributed by atoms with Gasteiger partial charge < -0.3 is 10.2 Å². The summed E-state index contributed by atoms with van der Waals surface area (Å²) in [5, 5.41) is 3.09. The Kier molecular flexibility index (Phi) is 5.93. The lowest BCUT2D eigenvalue weighted by atomic mass is 9.88. The van der Waals surface area contributed by atoms with Crippen molar-refractivity contribution in [3.63, 3.8) is 0 Å². The van der Waals surface area contributed by atoms with Crippen LogP contribution in [0, 0.1) is 0 Å². The maximum Gasteiger partial charge on any atom is 0.417 e. The molecule has 30 heavy (non-hydrogen) atoms. The van der Waals surface area contributed by atoms with Crippen molar-refractivity contribution in [1.82, 2.24) is 9.88 Å². The lowest BCUT2D eigenvalue weighted by Crippen LogP contribution is -2.34. The van der Waals surface area contributed by atoms with Crippen molar-refractivity contribution in [3.8, 4) is 0 Å². The maximum atomic E-state index is 12.7. The Hall–Kier alpha value is -3.02. The predicted octanol–water partition coefficient (Wildman–Crippen LogP) is 6.56. The third-order valence-corrected chi connectivity index (χ3v) is 5.46. The summed E-state index contributed by atoms with van der Waals surface area (Å²) in [6.07, 6.45) is 11.8. The number of hydrogen-bond acceptors (Lipinski definition) is 3. The van der Waals surface area contributed by atoms with Gasteiger partial charge in [0, 0.05) is 24.5 Å². The topological polar surface area (TPSA) is 28.2 Å². The summed E-state index contributed by atoms with van der Waals surface area (Å²) in [5.41, 5.74) is 2.56. The molecule has 1 saturated carbocycles. The van der Waals surface area contributed by atoms with Gasteiger partial charge in [-0.1, -0.05) is 35.9 Å². The summed E-state index contributed by atoms with van der Waals surface area (Å²) in [4.78, 5) is 6.29. The minimum Gasteiger partial charge on any atom is -0.370 e. The van der Waals surface area contributed by atoms with Gasteiger partial charge in [-0.05, 0) is 67.8 Å². The first-order chi connectivity index (χ1) is 14.5. The van der Waals surface area contributed by atoms with E-state index in [9.17, 15) is 13.2 Å².